The fourth-order valence-electron chi connectivity index (χ4n) is 2.39. The van der Waals surface area contributed by atoms with E-state index in [0.717, 1.165) is 38.4 Å². The van der Waals surface area contributed by atoms with Crippen LogP contribution in [0.2, 0.25) is 0 Å². The maximum absolute atomic E-state index is 11.3. The fourth-order valence-corrected chi connectivity index (χ4v) is 2.39. The van der Waals surface area contributed by atoms with E-state index in [9.17, 15) is 4.79 Å². The van der Waals surface area contributed by atoms with Gasteiger partial charge in [-0.2, -0.15) is 0 Å². The lowest BCUT2D eigenvalue weighted by Crippen LogP contribution is -2.44. The van der Waals surface area contributed by atoms with Gasteiger partial charge in [-0.25, -0.2) is 4.79 Å². The second kappa shape index (κ2) is 8.59. The van der Waals surface area contributed by atoms with Crippen LogP contribution in [-0.2, 0) is 11.3 Å². The van der Waals surface area contributed by atoms with Crippen molar-refractivity contribution < 1.29 is 9.53 Å². The van der Waals surface area contributed by atoms with Crippen LogP contribution in [-0.4, -0.2) is 54.8 Å². The number of pyridine rings is 1. The minimum Gasteiger partial charge on any atom is -0.375 e. The van der Waals surface area contributed by atoms with Gasteiger partial charge in [-0.1, -0.05) is 6.07 Å². The first-order valence-corrected chi connectivity index (χ1v) is 7.53. The Labute approximate surface area is 125 Å². The Kier molecular flexibility index (Phi) is 6.43. The lowest BCUT2D eigenvalue weighted by atomic mass is 10.2. The first-order chi connectivity index (χ1) is 10.3. The lowest BCUT2D eigenvalue weighted by Gasteiger charge is -2.32. The summed E-state index contributed by atoms with van der Waals surface area (Å²) < 4.78 is 5.75. The zero-order valence-corrected chi connectivity index (χ0v) is 12.5. The van der Waals surface area contributed by atoms with Gasteiger partial charge < -0.3 is 15.4 Å². The van der Waals surface area contributed by atoms with E-state index in [2.05, 4.69) is 20.5 Å². The molecule has 2 heterocycles. The molecule has 1 aromatic rings. The van der Waals surface area contributed by atoms with Crippen LogP contribution in [0.4, 0.5) is 4.79 Å². The SMILES string of the molecule is CCNC(=O)NCC[C@@H]1CN(Cc2ccccn2)CCO1. The summed E-state index contributed by atoms with van der Waals surface area (Å²) in [5.41, 5.74) is 1.08. The number of carbonyl (C=O) groups is 1. The molecular formula is C15H24N4O2. The van der Waals surface area contributed by atoms with Gasteiger partial charge in [0.15, 0.2) is 0 Å². The molecule has 6 nitrogen and oxygen atoms in total. The Morgan fingerprint density at radius 2 is 2.38 bits per heavy atom. The number of hydrogen-bond donors (Lipinski definition) is 2. The molecule has 1 fully saturated rings. The Bertz CT molecular complexity index is 427. The van der Waals surface area contributed by atoms with Crippen molar-refractivity contribution in [3.8, 4) is 0 Å². The third-order valence-corrected chi connectivity index (χ3v) is 3.42. The van der Waals surface area contributed by atoms with Gasteiger partial charge in [-0.3, -0.25) is 9.88 Å². The van der Waals surface area contributed by atoms with Gasteiger partial charge in [0.25, 0.3) is 0 Å². The predicted molar refractivity (Wildman–Crippen MR) is 80.9 cm³/mol. The number of aromatic nitrogens is 1. The Hall–Kier alpha value is -1.66. The van der Waals surface area contributed by atoms with Crippen molar-refractivity contribution in [2.24, 2.45) is 0 Å². The van der Waals surface area contributed by atoms with Crippen LogP contribution in [0.5, 0.6) is 0 Å². The number of nitrogens with one attached hydrogen (secondary N) is 2. The van der Waals surface area contributed by atoms with Crippen molar-refractivity contribution in [3.05, 3.63) is 30.1 Å². The van der Waals surface area contributed by atoms with Gasteiger partial charge >= 0.3 is 6.03 Å². The first kappa shape index (κ1) is 15.7. The van der Waals surface area contributed by atoms with Gasteiger partial charge in [0, 0.05) is 38.9 Å². The predicted octanol–water partition coefficient (Wildman–Crippen LogP) is 0.992. The molecular weight excluding hydrogens is 268 g/mol. The topological polar surface area (TPSA) is 66.5 Å². The van der Waals surface area contributed by atoms with Crippen molar-refractivity contribution in [1.29, 1.82) is 0 Å². The molecule has 0 aliphatic carbocycles. The zero-order chi connectivity index (χ0) is 14.9. The van der Waals surface area contributed by atoms with Crippen molar-refractivity contribution in [1.82, 2.24) is 20.5 Å². The third-order valence-electron chi connectivity index (χ3n) is 3.42. The van der Waals surface area contributed by atoms with Crippen molar-refractivity contribution in [3.63, 3.8) is 0 Å². The highest BCUT2D eigenvalue weighted by Gasteiger charge is 2.20. The third kappa shape index (κ3) is 5.69. The van der Waals surface area contributed by atoms with Crippen LogP contribution in [0, 0.1) is 0 Å². The van der Waals surface area contributed by atoms with Crippen LogP contribution in [0.3, 0.4) is 0 Å². The van der Waals surface area contributed by atoms with Gasteiger partial charge in [-0.15, -0.1) is 0 Å². The van der Waals surface area contributed by atoms with E-state index >= 15 is 0 Å². The normalized spacial score (nSPS) is 19.2. The number of morpholine rings is 1. The van der Waals surface area contributed by atoms with Gasteiger partial charge in [0.05, 0.1) is 18.4 Å². The number of nitrogens with zero attached hydrogens (tertiary/aromatic N) is 2. The summed E-state index contributed by atoms with van der Waals surface area (Å²) in [6.07, 6.45) is 2.82. The molecule has 2 amide bonds. The highest BCUT2D eigenvalue weighted by molar-refractivity contribution is 5.73. The molecule has 1 atom stereocenters. The number of amides is 2. The maximum Gasteiger partial charge on any atom is 0.314 e. The molecule has 1 saturated heterocycles. The molecule has 0 saturated carbocycles. The smallest absolute Gasteiger partial charge is 0.314 e. The highest BCUT2D eigenvalue weighted by Crippen LogP contribution is 2.11. The summed E-state index contributed by atoms with van der Waals surface area (Å²) in [6, 6.07) is 5.87. The Morgan fingerprint density at radius 1 is 1.48 bits per heavy atom. The van der Waals surface area contributed by atoms with Crippen molar-refractivity contribution in [2.45, 2.75) is 26.0 Å². The van der Waals surface area contributed by atoms with Crippen molar-refractivity contribution >= 4 is 6.03 Å². The Balaban J connectivity index is 1.69. The lowest BCUT2D eigenvalue weighted by molar-refractivity contribution is -0.0344. The summed E-state index contributed by atoms with van der Waals surface area (Å²) in [4.78, 5) is 18.0. The molecule has 2 rings (SSSR count). The zero-order valence-electron chi connectivity index (χ0n) is 12.5. The van der Waals surface area contributed by atoms with Crippen LogP contribution in [0.15, 0.2) is 24.4 Å². The quantitative estimate of drug-likeness (QED) is 0.820. The summed E-state index contributed by atoms with van der Waals surface area (Å²) in [5.74, 6) is 0. The molecule has 0 spiro atoms. The summed E-state index contributed by atoms with van der Waals surface area (Å²) in [5, 5.41) is 5.55. The Morgan fingerprint density at radius 3 is 3.14 bits per heavy atom. The molecule has 2 N–H and O–H groups in total. The van der Waals surface area contributed by atoms with E-state index in [1.54, 1.807) is 0 Å². The van der Waals surface area contributed by atoms with E-state index in [4.69, 9.17) is 4.74 Å². The minimum absolute atomic E-state index is 0.112. The molecule has 21 heavy (non-hydrogen) atoms. The molecule has 6 heteroatoms. The van der Waals surface area contributed by atoms with Crippen LogP contribution in [0.25, 0.3) is 0 Å². The molecule has 1 aliphatic heterocycles. The van der Waals surface area contributed by atoms with E-state index in [0.29, 0.717) is 13.1 Å². The van der Waals surface area contributed by atoms with Gasteiger partial charge in [0.2, 0.25) is 0 Å². The number of carbonyl (C=O) groups excluding carboxylic acids is 1. The van der Waals surface area contributed by atoms with Crippen molar-refractivity contribution in [2.75, 3.05) is 32.8 Å². The molecule has 0 unspecified atom stereocenters. The number of hydrogen-bond acceptors (Lipinski definition) is 4. The van der Waals surface area contributed by atoms with Crippen LogP contribution >= 0.6 is 0 Å². The second-order valence-electron chi connectivity index (χ2n) is 5.12. The second-order valence-corrected chi connectivity index (χ2v) is 5.12. The first-order valence-electron chi connectivity index (χ1n) is 7.53. The van der Waals surface area contributed by atoms with Crippen LogP contribution in [0.1, 0.15) is 19.0 Å². The average molecular weight is 292 g/mol. The van der Waals surface area contributed by atoms with Crippen LogP contribution < -0.4 is 10.6 Å². The molecule has 0 bridgehead atoms. The summed E-state index contributed by atoms with van der Waals surface area (Å²) in [6.45, 7) is 6.57. The largest absolute Gasteiger partial charge is 0.375 e. The van der Waals surface area contributed by atoms with Gasteiger partial charge in [-0.05, 0) is 25.5 Å². The fraction of sp³-hybridized carbons (Fsp3) is 0.600. The monoisotopic (exact) mass is 292 g/mol. The number of urea groups is 1. The van der Waals surface area contributed by atoms with E-state index in [-0.39, 0.29) is 12.1 Å². The summed E-state index contributed by atoms with van der Waals surface area (Å²) >= 11 is 0. The molecule has 0 radical (unpaired) electrons. The summed E-state index contributed by atoms with van der Waals surface area (Å²) in [7, 11) is 0. The maximum atomic E-state index is 11.3. The number of rotatable bonds is 6. The van der Waals surface area contributed by atoms with E-state index < -0.39 is 0 Å². The number of ether oxygens (including phenoxy) is 1. The standard InChI is InChI=1S/C15H24N4O2/c1-2-16-15(20)18-8-6-14-12-19(9-10-21-14)11-13-5-3-4-7-17-13/h3-5,7,14H,2,6,8-12H2,1H3,(H2,16,18,20)/t14-/m1/s1. The van der Waals surface area contributed by atoms with Gasteiger partial charge in [0.1, 0.15) is 0 Å². The van der Waals surface area contributed by atoms with E-state index in [1.807, 2.05) is 31.3 Å². The minimum atomic E-state index is -0.112. The molecule has 1 aromatic heterocycles. The molecule has 116 valence electrons. The highest BCUT2D eigenvalue weighted by atomic mass is 16.5. The molecule has 0 aromatic carbocycles. The molecule has 1 aliphatic rings. The van der Waals surface area contributed by atoms with E-state index in [1.165, 1.54) is 0 Å². The average Bonchev–Trinajstić information content (AvgIpc) is 2.49.